The molecule has 1 heterocycles. The molecule has 2 aliphatic rings. The van der Waals surface area contributed by atoms with Crippen LogP contribution in [0, 0.1) is 17.7 Å². The fraction of sp³-hybridized carbons (Fsp3) is 0.588. The molecule has 0 aromatic heterocycles. The second-order valence-corrected chi connectivity index (χ2v) is 7.42. The monoisotopic (exact) mass is 368 g/mol. The molecule has 1 saturated heterocycles. The van der Waals surface area contributed by atoms with E-state index in [2.05, 4.69) is 26.1 Å². The van der Waals surface area contributed by atoms with Crippen LogP contribution in [0.4, 0.5) is 10.1 Å². The molecule has 3 nitrogen and oxygen atoms in total. The van der Waals surface area contributed by atoms with Gasteiger partial charge in [-0.1, -0.05) is 35.2 Å². The number of likely N-dealkylation sites (tertiary alicyclic amines) is 1. The molecule has 0 unspecified atom stereocenters. The summed E-state index contributed by atoms with van der Waals surface area (Å²) in [5.41, 5.74) is 0.251. The smallest absolute Gasteiger partial charge is 0.238 e. The quantitative estimate of drug-likeness (QED) is 0.872. The van der Waals surface area contributed by atoms with Crippen molar-refractivity contribution in [1.29, 1.82) is 0 Å². The number of hydrogen-bond donors (Lipinski definition) is 1. The maximum atomic E-state index is 13.8. The predicted octanol–water partition coefficient (Wildman–Crippen LogP) is 4.04. The number of nitrogens with zero attached hydrogens (tertiary/aromatic N) is 1. The number of carbonyl (C=O) groups is 1. The molecule has 0 spiro atoms. The lowest BCUT2D eigenvalue weighted by Gasteiger charge is -2.41. The third-order valence-electron chi connectivity index (χ3n) is 4.95. The van der Waals surface area contributed by atoms with Crippen molar-refractivity contribution in [2.24, 2.45) is 11.8 Å². The van der Waals surface area contributed by atoms with Crippen molar-refractivity contribution in [2.75, 3.05) is 25.0 Å². The second-order valence-electron chi connectivity index (χ2n) is 6.50. The zero-order valence-corrected chi connectivity index (χ0v) is 14.2. The highest BCUT2D eigenvalue weighted by molar-refractivity contribution is 9.10. The molecule has 22 heavy (non-hydrogen) atoms. The van der Waals surface area contributed by atoms with Crippen LogP contribution in [-0.2, 0) is 4.79 Å². The average molecular weight is 369 g/mol. The molecule has 1 saturated carbocycles. The van der Waals surface area contributed by atoms with E-state index in [-0.39, 0.29) is 11.6 Å². The highest BCUT2D eigenvalue weighted by Crippen LogP contribution is 2.35. The van der Waals surface area contributed by atoms with Crippen molar-refractivity contribution in [3.63, 3.8) is 0 Å². The molecule has 5 heteroatoms. The van der Waals surface area contributed by atoms with Crippen LogP contribution in [-0.4, -0.2) is 30.4 Å². The van der Waals surface area contributed by atoms with Crippen LogP contribution in [0.3, 0.4) is 0 Å². The van der Waals surface area contributed by atoms with Gasteiger partial charge < -0.3 is 5.32 Å². The summed E-state index contributed by atoms with van der Waals surface area (Å²) in [6.45, 7) is 2.36. The molecule has 1 aliphatic heterocycles. The first-order valence-electron chi connectivity index (χ1n) is 8.09. The van der Waals surface area contributed by atoms with Gasteiger partial charge in [0.15, 0.2) is 0 Å². The van der Waals surface area contributed by atoms with Crippen molar-refractivity contribution < 1.29 is 9.18 Å². The Morgan fingerprint density at radius 1 is 1.27 bits per heavy atom. The first-order chi connectivity index (χ1) is 10.6. The number of hydrogen-bond acceptors (Lipinski definition) is 2. The molecule has 2 atom stereocenters. The van der Waals surface area contributed by atoms with Crippen LogP contribution >= 0.6 is 15.9 Å². The van der Waals surface area contributed by atoms with E-state index in [4.69, 9.17) is 0 Å². The lowest BCUT2D eigenvalue weighted by Crippen LogP contribution is -2.44. The van der Waals surface area contributed by atoms with E-state index in [1.807, 2.05) is 0 Å². The number of piperidine rings is 1. The van der Waals surface area contributed by atoms with Gasteiger partial charge in [-0.05, 0) is 49.4 Å². The lowest BCUT2D eigenvalue weighted by molar-refractivity contribution is -0.118. The molecule has 1 aromatic rings. The van der Waals surface area contributed by atoms with Gasteiger partial charge in [-0.2, -0.15) is 0 Å². The molecule has 120 valence electrons. The zero-order chi connectivity index (χ0) is 15.5. The summed E-state index contributed by atoms with van der Waals surface area (Å²) in [6.07, 6.45) is 6.54. The summed E-state index contributed by atoms with van der Waals surface area (Å²) < 4.78 is 14.4. The first kappa shape index (κ1) is 15.9. The Morgan fingerprint density at radius 3 is 2.82 bits per heavy atom. The standard InChI is InChI=1S/C17H22BrFN2O/c18-14-5-6-16(15(19)9-14)20-17(22)11-21-8-7-12-3-1-2-4-13(12)10-21/h5-6,9,12-13H,1-4,7-8,10-11H2,(H,20,22)/t12-,13-/m1/s1. The number of carbonyl (C=O) groups excluding carboxylic acids is 1. The number of anilines is 1. The second kappa shape index (κ2) is 7.09. The van der Waals surface area contributed by atoms with Crippen molar-refractivity contribution >= 4 is 27.5 Å². The molecule has 1 N–H and O–H groups in total. The van der Waals surface area contributed by atoms with Crippen LogP contribution in [0.1, 0.15) is 32.1 Å². The third kappa shape index (κ3) is 3.87. The van der Waals surface area contributed by atoms with Gasteiger partial charge >= 0.3 is 0 Å². The highest BCUT2D eigenvalue weighted by atomic mass is 79.9. The summed E-state index contributed by atoms with van der Waals surface area (Å²) in [7, 11) is 0. The molecule has 0 radical (unpaired) electrons. The minimum absolute atomic E-state index is 0.129. The maximum Gasteiger partial charge on any atom is 0.238 e. The highest BCUT2D eigenvalue weighted by Gasteiger charge is 2.31. The van der Waals surface area contributed by atoms with Gasteiger partial charge in [0.05, 0.1) is 12.2 Å². The number of rotatable bonds is 3. The van der Waals surface area contributed by atoms with Gasteiger partial charge in [0, 0.05) is 11.0 Å². The molecule has 1 aliphatic carbocycles. The molecule has 1 aromatic carbocycles. The van der Waals surface area contributed by atoms with E-state index in [0.717, 1.165) is 24.9 Å². The largest absolute Gasteiger partial charge is 0.322 e. The molecular weight excluding hydrogens is 347 g/mol. The van der Waals surface area contributed by atoms with Gasteiger partial charge in [0.25, 0.3) is 0 Å². The Hall–Kier alpha value is -0.940. The molecule has 0 bridgehead atoms. The van der Waals surface area contributed by atoms with Gasteiger partial charge in [-0.25, -0.2) is 4.39 Å². The van der Waals surface area contributed by atoms with Crippen LogP contribution in [0.2, 0.25) is 0 Å². The van der Waals surface area contributed by atoms with Gasteiger partial charge in [-0.15, -0.1) is 0 Å². The number of amides is 1. The maximum absolute atomic E-state index is 13.8. The van der Waals surface area contributed by atoms with E-state index in [1.165, 1.54) is 38.2 Å². The van der Waals surface area contributed by atoms with Crippen LogP contribution in [0.15, 0.2) is 22.7 Å². The normalized spacial score (nSPS) is 25.5. The number of benzene rings is 1. The van der Waals surface area contributed by atoms with Crippen molar-refractivity contribution in [3.8, 4) is 0 Å². The Kier molecular flexibility index (Phi) is 5.14. The summed E-state index contributed by atoms with van der Waals surface area (Å²) in [4.78, 5) is 14.4. The molecule has 3 rings (SSSR count). The van der Waals surface area contributed by atoms with E-state index >= 15 is 0 Å². The van der Waals surface area contributed by atoms with Crippen molar-refractivity contribution in [2.45, 2.75) is 32.1 Å². The topological polar surface area (TPSA) is 32.3 Å². The minimum atomic E-state index is -0.409. The molecule has 2 fully saturated rings. The van der Waals surface area contributed by atoms with Gasteiger partial charge in [0.1, 0.15) is 5.82 Å². The summed E-state index contributed by atoms with van der Waals surface area (Å²) >= 11 is 3.21. The number of halogens is 2. The SMILES string of the molecule is O=C(CN1CC[C@H]2CCCC[C@@H]2C1)Nc1ccc(Br)cc1F. The summed E-state index contributed by atoms with van der Waals surface area (Å²) in [5.74, 6) is 1.07. The average Bonchev–Trinajstić information content (AvgIpc) is 2.50. The predicted molar refractivity (Wildman–Crippen MR) is 89.2 cm³/mol. The Bertz CT molecular complexity index is 551. The van der Waals surface area contributed by atoms with Gasteiger partial charge in [0.2, 0.25) is 5.91 Å². The zero-order valence-electron chi connectivity index (χ0n) is 12.7. The van der Waals surface area contributed by atoms with Crippen LogP contribution < -0.4 is 5.32 Å². The first-order valence-corrected chi connectivity index (χ1v) is 8.88. The number of nitrogens with one attached hydrogen (secondary N) is 1. The van der Waals surface area contributed by atoms with E-state index in [0.29, 0.717) is 11.0 Å². The van der Waals surface area contributed by atoms with E-state index < -0.39 is 5.82 Å². The number of fused-ring (bicyclic) bond motifs is 1. The fourth-order valence-corrected chi connectivity index (χ4v) is 4.14. The third-order valence-corrected chi connectivity index (χ3v) is 5.44. The minimum Gasteiger partial charge on any atom is -0.322 e. The van der Waals surface area contributed by atoms with Crippen molar-refractivity contribution in [1.82, 2.24) is 4.90 Å². The van der Waals surface area contributed by atoms with Crippen LogP contribution in [0.5, 0.6) is 0 Å². The van der Waals surface area contributed by atoms with E-state index in [9.17, 15) is 9.18 Å². The van der Waals surface area contributed by atoms with Crippen molar-refractivity contribution in [3.05, 3.63) is 28.5 Å². The van der Waals surface area contributed by atoms with E-state index in [1.54, 1.807) is 12.1 Å². The summed E-state index contributed by atoms with van der Waals surface area (Å²) in [6, 6.07) is 4.68. The van der Waals surface area contributed by atoms with Gasteiger partial charge in [-0.3, -0.25) is 9.69 Å². The Balaban J connectivity index is 1.53. The lowest BCUT2D eigenvalue weighted by atomic mass is 9.75. The fourth-order valence-electron chi connectivity index (χ4n) is 3.80. The van der Waals surface area contributed by atoms with Crippen LogP contribution in [0.25, 0.3) is 0 Å². The Morgan fingerprint density at radius 2 is 2.05 bits per heavy atom. The molecule has 1 amide bonds. The Labute approximate surface area is 139 Å². The summed E-state index contributed by atoms with van der Waals surface area (Å²) in [5, 5.41) is 2.68. The molecular formula is C17H22BrFN2O.